The quantitative estimate of drug-likeness (QED) is 0.116. The van der Waals surface area contributed by atoms with Gasteiger partial charge in [-0.2, -0.15) is 0 Å². The lowest BCUT2D eigenvalue weighted by atomic mass is 9.81. The molecule has 6 rings (SSSR count). The van der Waals surface area contributed by atoms with Crippen molar-refractivity contribution in [3.8, 4) is 33.4 Å². The number of halogens is 1. The third kappa shape index (κ3) is 8.67. The number of benzene rings is 6. The highest BCUT2D eigenvalue weighted by atomic mass is 35.5. The molecule has 0 unspecified atom stereocenters. The number of aryl methyl sites for hydroxylation is 4. The molecule has 232 valence electrons. The van der Waals surface area contributed by atoms with Crippen LogP contribution in [0.1, 0.15) is 22.3 Å². The molecule has 0 atom stereocenters. The lowest BCUT2D eigenvalue weighted by Crippen LogP contribution is -2.29. The van der Waals surface area contributed by atoms with E-state index in [0.717, 1.165) is 22.5 Å². The van der Waals surface area contributed by atoms with E-state index in [1.165, 1.54) is 44.5 Å². The van der Waals surface area contributed by atoms with E-state index in [4.69, 9.17) is 33.1 Å². The van der Waals surface area contributed by atoms with Gasteiger partial charge in [0.15, 0.2) is 0 Å². The Morgan fingerprint density at radius 3 is 1.37 bits per heavy atom. The van der Waals surface area contributed by atoms with Crippen LogP contribution in [0.25, 0.3) is 33.4 Å². The normalized spacial score (nSPS) is 10.2. The first-order chi connectivity index (χ1) is 22.1. The number of nitrogens with two attached hydrogens (primary N) is 2. The topological polar surface area (TPSA) is 92.5 Å². The van der Waals surface area contributed by atoms with Crippen molar-refractivity contribution >= 4 is 35.6 Å². The maximum atomic E-state index is 8.58. The fourth-order valence-electron chi connectivity index (χ4n) is 5.43. The third-order valence-corrected chi connectivity index (χ3v) is 8.01. The summed E-state index contributed by atoms with van der Waals surface area (Å²) in [4.78, 5) is 0. The molecule has 6 N–H and O–H groups in total. The first-order valence-corrected chi connectivity index (χ1v) is 15.5. The van der Waals surface area contributed by atoms with Crippen molar-refractivity contribution in [3.05, 3.63) is 161 Å². The molecule has 6 aromatic carbocycles. The van der Waals surface area contributed by atoms with Crippen LogP contribution in [0.3, 0.4) is 0 Å². The van der Waals surface area contributed by atoms with Crippen LogP contribution in [-0.2, 0) is 0 Å². The molecule has 0 spiro atoms. The Bertz CT molecular complexity index is 1850. The highest BCUT2D eigenvalue weighted by molar-refractivity contribution is 6.58. The molecular formula is C40H40BClN2O2. The molecule has 0 saturated heterocycles. The highest BCUT2D eigenvalue weighted by Crippen LogP contribution is 2.35. The van der Waals surface area contributed by atoms with E-state index < -0.39 is 7.12 Å². The van der Waals surface area contributed by atoms with Crippen LogP contribution in [0.15, 0.2) is 133 Å². The minimum atomic E-state index is -1.34. The van der Waals surface area contributed by atoms with Crippen LogP contribution < -0.4 is 16.9 Å². The highest BCUT2D eigenvalue weighted by Gasteiger charge is 2.11. The van der Waals surface area contributed by atoms with Gasteiger partial charge in [-0.1, -0.05) is 115 Å². The Balaban J connectivity index is 0.000000170. The first-order valence-electron chi connectivity index (χ1n) is 15.1. The molecule has 0 aliphatic rings. The number of hydrogen-bond acceptors (Lipinski definition) is 4. The van der Waals surface area contributed by atoms with Crippen molar-refractivity contribution in [1.82, 2.24) is 0 Å². The number of anilines is 2. The average Bonchev–Trinajstić information content (AvgIpc) is 3.05. The smallest absolute Gasteiger partial charge is 0.423 e. The van der Waals surface area contributed by atoms with Gasteiger partial charge >= 0.3 is 7.12 Å². The number of rotatable bonds is 4. The van der Waals surface area contributed by atoms with E-state index >= 15 is 0 Å². The molecule has 0 amide bonds. The van der Waals surface area contributed by atoms with Crippen molar-refractivity contribution in [3.63, 3.8) is 0 Å². The van der Waals surface area contributed by atoms with Gasteiger partial charge in [0.1, 0.15) is 0 Å². The van der Waals surface area contributed by atoms with Gasteiger partial charge in [0.2, 0.25) is 0 Å². The van der Waals surface area contributed by atoms with E-state index in [1.807, 2.05) is 36.4 Å². The van der Waals surface area contributed by atoms with E-state index in [9.17, 15) is 0 Å². The first kappa shape index (κ1) is 34.1. The molecule has 0 fully saturated rings. The van der Waals surface area contributed by atoms with Crippen LogP contribution in [-0.4, -0.2) is 17.2 Å². The second-order valence-corrected chi connectivity index (χ2v) is 11.7. The van der Waals surface area contributed by atoms with Gasteiger partial charge in [0.05, 0.1) is 0 Å². The fraction of sp³-hybridized carbons (Fsp3) is 0.100. The Hall–Kier alpha value is -4.81. The van der Waals surface area contributed by atoms with Crippen LogP contribution in [0, 0.1) is 27.7 Å². The average molecular weight is 627 g/mol. The third-order valence-electron chi connectivity index (χ3n) is 7.77. The van der Waals surface area contributed by atoms with Gasteiger partial charge in [-0.15, -0.1) is 0 Å². The van der Waals surface area contributed by atoms with Crippen molar-refractivity contribution in [2.24, 2.45) is 0 Å². The summed E-state index contributed by atoms with van der Waals surface area (Å²) in [7, 11) is -1.34. The van der Waals surface area contributed by atoms with Gasteiger partial charge in [0.25, 0.3) is 0 Å². The summed E-state index contributed by atoms with van der Waals surface area (Å²) in [5.74, 6) is 0. The maximum absolute atomic E-state index is 8.58. The predicted molar refractivity (Wildman–Crippen MR) is 198 cm³/mol. The molecular weight excluding hydrogens is 587 g/mol. The van der Waals surface area contributed by atoms with E-state index in [0.29, 0.717) is 10.5 Å². The Morgan fingerprint density at radius 2 is 0.913 bits per heavy atom. The van der Waals surface area contributed by atoms with E-state index in [2.05, 4.69) is 100 Å². The van der Waals surface area contributed by atoms with Crippen LogP contribution in [0.4, 0.5) is 11.4 Å². The Labute approximate surface area is 278 Å². The molecule has 0 aromatic heterocycles. The molecule has 46 heavy (non-hydrogen) atoms. The maximum Gasteiger partial charge on any atom is 0.488 e. The molecule has 4 nitrogen and oxygen atoms in total. The zero-order valence-corrected chi connectivity index (χ0v) is 27.5. The van der Waals surface area contributed by atoms with Crippen LogP contribution >= 0.6 is 11.6 Å². The Morgan fingerprint density at radius 1 is 0.478 bits per heavy atom. The van der Waals surface area contributed by atoms with Gasteiger partial charge in [0, 0.05) is 27.5 Å². The second kappa shape index (κ2) is 16.0. The SMILES string of the molecule is Cc1cccc(C)c1-c1cc(-c2ccccc2)ccc1N.Cc1cccc(C)c1-c1cc(Cl)ccc1N.OB(O)c1ccccc1. The van der Waals surface area contributed by atoms with E-state index in [-0.39, 0.29) is 0 Å². The largest absolute Gasteiger partial charge is 0.488 e. The summed E-state index contributed by atoms with van der Waals surface area (Å²) >= 11 is 6.02. The van der Waals surface area contributed by atoms with Gasteiger partial charge < -0.3 is 21.5 Å². The summed E-state index contributed by atoms with van der Waals surface area (Å²) in [5, 5.41) is 17.9. The summed E-state index contributed by atoms with van der Waals surface area (Å²) in [6.45, 7) is 8.44. The molecule has 6 aromatic rings. The Kier molecular flexibility index (Phi) is 11.8. The molecule has 0 aliphatic heterocycles. The van der Waals surface area contributed by atoms with Crippen molar-refractivity contribution in [2.75, 3.05) is 11.5 Å². The minimum absolute atomic E-state index is 0.525. The molecule has 0 saturated carbocycles. The summed E-state index contributed by atoms with van der Waals surface area (Å²) < 4.78 is 0. The predicted octanol–water partition coefficient (Wildman–Crippen LogP) is 8.79. The number of hydrogen-bond donors (Lipinski definition) is 4. The van der Waals surface area contributed by atoms with Crippen molar-refractivity contribution < 1.29 is 10.0 Å². The zero-order valence-electron chi connectivity index (χ0n) is 26.7. The van der Waals surface area contributed by atoms with Crippen LogP contribution in [0.2, 0.25) is 5.02 Å². The summed E-state index contributed by atoms with van der Waals surface area (Å²) in [6, 6.07) is 43.5. The molecule has 6 heteroatoms. The summed E-state index contributed by atoms with van der Waals surface area (Å²) in [6.07, 6.45) is 0. The second-order valence-electron chi connectivity index (χ2n) is 11.2. The lowest BCUT2D eigenvalue weighted by molar-refractivity contribution is 0.426. The zero-order chi connectivity index (χ0) is 33.2. The molecule has 0 aliphatic carbocycles. The minimum Gasteiger partial charge on any atom is -0.423 e. The standard InChI is InChI=1S/C20H19N.C14H14ClN.C6H7BO2/c1-14-7-6-8-15(2)20(14)18-13-17(11-12-19(18)21)16-9-4-3-5-10-16;1-9-4-3-5-10(2)14(9)12-8-11(15)6-7-13(12)16;8-7(9)6-4-2-1-3-5-6/h3-13H,21H2,1-2H3;3-8H,16H2,1-2H3;1-5,8-9H. The fourth-order valence-corrected chi connectivity index (χ4v) is 5.60. The summed E-state index contributed by atoms with van der Waals surface area (Å²) in [5.41, 5.74) is 26.3. The van der Waals surface area contributed by atoms with Gasteiger partial charge in [-0.3, -0.25) is 0 Å². The molecule has 0 bridgehead atoms. The van der Waals surface area contributed by atoms with Gasteiger partial charge in [-0.05, 0) is 108 Å². The van der Waals surface area contributed by atoms with E-state index in [1.54, 1.807) is 24.3 Å². The molecule has 0 heterocycles. The monoisotopic (exact) mass is 626 g/mol. The van der Waals surface area contributed by atoms with Crippen LogP contribution in [0.5, 0.6) is 0 Å². The van der Waals surface area contributed by atoms with Crippen molar-refractivity contribution in [2.45, 2.75) is 27.7 Å². The molecule has 0 radical (unpaired) electrons. The number of nitrogen functional groups attached to an aromatic ring is 2. The van der Waals surface area contributed by atoms with Crippen molar-refractivity contribution in [1.29, 1.82) is 0 Å². The lowest BCUT2D eigenvalue weighted by Gasteiger charge is -2.14. The van der Waals surface area contributed by atoms with Gasteiger partial charge in [-0.25, -0.2) is 0 Å².